The fourth-order valence-electron chi connectivity index (χ4n) is 3.24. The summed E-state index contributed by atoms with van der Waals surface area (Å²) in [6.07, 6.45) is 3.94. The Bertz CT molecular complexity index is 407. The zero-order valence-corrected chi connectivity index (χ0v) is 11.0. The number of nitrogens with zero attached hydrogens (tertiary/aromatic N) is 2. The van der Waals surface area contributed by atoms with Crippen LogP contribution in [0.4, 0.5) is 11.6 Å². The molecule has 4 nitrogen and oxygen atoms in total. The second kappa shape index (κ2) is 5.14. The largest absolute Gasteiger partial charge is 0.370 e. The Morgan fingerprint density at radius 3 is 3.06 bits per heavy atom. The first-order valence-corrected chi connectivity index (χ1v) is 7.08. The number of nitrogens with one attached hydrogen (secondary N) is 2. The molecule has 0 spiro atoms. The second-order valence-corrected chi connectivity index (χ2v) is 5.22. The Hall–Kier alpha value is -1.29. The molecule has 3 rings (SSSR count). The molecule has 2 aliphatic heterocycles. The molecule has 2 unspecified atom stereocenters. The van der Waals surface area contributed by atoms with E-state index in [1.807, 2.05) is 6.07 Å². The molecule has 0 bridgehead atoms. The van der Waals surface area contributed by atoms with Crippen molar-refractivity contribution < 1.29 is 0 Å². The van der Waals surface area contributed by atoms with Crippen LogP contribution in [0.3, 0.4) is 0 Å². The molecular formula is C14H22N4. The molecule has 2 N–H and O–H groups in total. The van der Waals surface area contributed by atoms with Crippen LogP contribution in [0.25, 0.3) is 0 Å². The van der Waals surface area contributed by atoms with Crippen LogP contribution in [0, 0.1) is 0 Å². The Balaban J connectivity index is 1.67. The number of hydrogen-bond donors (Lipinski definition) is 2. The predicted octanol–water partition coefficient (Wildman–Crippen LogP) is 2.16. The van der Waals surface area contributed by atoms with Crippen LogP contribution in [0.1, 0.15) is 26.2 Å². The number of fused-ring (bicyclic) bond motifs is 1. The van der Waals surface area contributed by atoms with Crippen molar-refractivity contribution in [2.24, 2.45) is 0 Å². The van der Waals surface area contributed by atoms with Crippen LogP contribution in [0.2, 0.25) is 0 Å². The van der Waals surface area contributed by atoms with E-state index in [-0.39, 0.29) is 0 Å². The smallest absolute Gasteiger partial charge is 0.128 e. The molecule has 1 aromatic heterocycles. The van der Waals surface area contributed by atoms with E-state index in [2.05, 4.69) is 39.6 Å². The molecule has 2 aliphatic rings. The first-order chi connectivity index (χ1) is 8.86. The highest BCUT2D eigenvalue weighted by molar-refractivity contribution is 5.46. The van der Waals surface area contributed by atoms with E-state index in [0.717, 1.165) is 24.2 Å². The van der Waals surface area contributed by atoms with Crippen molar-refractivity contribution in [3.8, 4) is 0 Å². The van der Waals surface area contributed by atoms with Gasteiger partial charge >= 0.3 is 0 Å². The van der Waals surface area contributed by atoms with E-state index in [1.165, 1.54) is 32.4 Å². The van der Waals surface area contributed by atoms with Crippen molar-refractivity contribution in [2.45, 2.75) is 38.3 Å². The average molecular weight is 246 g/mol. The summed E-state index contributed by atoms with van der Waals surface area (Å²) in [4.78, 5) is 7.22. The standard InChI is InChI=1S/C14H22N4/c1-2-15-13-6-3-7-14(17-13)16-11-8-10-18-9-4-5-12(11)18/h3,6-7,11-12H,2,4-5,8-10H2,1H3,(H2,15,16,17). The Morgan fingerprint density at radius 2 is 2.17 bits per heavy atom. The summed E-state index contributed by atoms with van der Waals surface area (Å²) in [5.74, 6) is 1.97. The van der Waals surface area contributed by atoms with E-state index >= 15 is 0 Å². The number of pyridine rings is 1. The lowest BCUT2D eigenvalue weighted by Crippen LogP contribution is -2.34. The van der Waals surface area contributed by atoms with Gasteiger partial charge in [-0.05, 0) is 44.9 Å². The molecule has 0 aliphatic carbocycles. The van der Waals surface area contributed by atoms with Crippen molar-refractivity contribution in [1.29, 1.82) is 0 Å². The lowest BCUT2D eigenvalue weighted by molar-refractivity contribution is 0.318. The third-order valence-corrected chi connectivity index (χ3v) is 4.05. The normalized spacial score (nSPS) is 27.2. The summed E-state index contributed by atoms with van der Waals surface area (Å²) in [6, 6.07) is 7.46. The van der Waals surface area contributed by atoms with Gasteiger partial charge in [-0.3, -0.25) is 4.90 Å². The van der Waals surface area contributed by atoms with Gasteiger partial charge in [0.1, 0.15) is 11.6 Å². The van der Waals surface area contributed by atoms with Crippen molar-refractivity contribution in [3.63, 3.8) is 0 Å². The van der Waals surface area contributed by atoms with Gasteiger partial charge in [-0.25, -0.2) is 4.98 Å². The van der Waals surface area contributed by atoms with Crippen molar-refractivity contribution in [2.75, 3.05) is 30.3 Å². The Morgan fingerprint density at radius 1 is 1.28 bits per heavy atom. The van der Waals surface area contributed by atoms with E-state index in [1.54, 1.807) is 0 Å². The molecule has 2 saturated heterocycles. The Labute approximate surface area is 109 Å². The van der Waals surface area contributed by atoms with Gasteiger partial charge in [-0.2, -0.15) is 0 Å². The molecule has 2 fully saturated rings. The lowest BCUT2D eigenvalue weighted by atomic mass is 10.1. The van der Waals surface area contributed by atoms with E-state index < -0.39 is 0 Å². The first-order valence-electron chi connectivity index (χ1n) is 7.08. The highest BCUT2D eigenvalue weighted by Gasteiger charge is 2.37. The molecule has 1 aromatic rings. The minimum Gasteiger partial charge on any atom is -0.370 e. The van der Waals surface area contributed by atoms with Gasteiger partial charge in [0.25, 0.3) is 0 Å². The quantitative estimate of drug-likeness (QED) is 0.854. The molecule has 4 heteroatoms. The van der Waals surface area contributed by atoms with Crippen LogP contribution in [0.15, 0.2) is 18.2 Å². The molecule has 18 heavy (non-hydrogen) atoms. The molecular weight excluding hydrogens is 224 g/mol. The summed E-state index contributed by atoms with van der Waals surface area (Å²) in [6.45, 7) is 5.54. The fourth-order valence-corrected chi connectivity index (χ4v) is 3.24. The van der Waals surface area contributed by atoms with Crippen molar-refractivity contribution in [1.82, 2.24) is 9.88 Å². The summed E-state index contributed by atoms with van der Waals surface area (Å²) in [5, 5.41) is 6.88. The van der Waals surface area contributed by atoms with Crippen LogP contribution in [-0.2, 0) is 0 Å². The van der Waals surface area contributed by atoms with Gasteiger partial charge in [0, 0.05) is 25.2 Å². The highest BCUT2D eigenvalue weighted by Crippen LogP contribution is 2.29. The van der Waals surface area contributed by atoms with Crippen LogP contribution >= 0.6 is 0 Å². The molecule has 0 saturated carbocycles. The van der Waals surface area contributed by atoms with Crippen molar-refractivity contribution in [3.05, 3.63) is 18.2 Å². The summed E-state index contributed by atoms with van der Waals surface area (Å²) in [5.41, 5.74) is 0. The molecule has 0 amide bonds. The Kier molecular flexibility index (Phi) is 3.37. The fraction of sp³-hybridized carbons (Fsp3) is 0.643. The third-order valence-electron chi connectivity index (χ3n) is 4.05. The van der Waals surface area contributed by atoms with E-state index in [0.29, 0.717) is 6.04 Å². The monoisotopic (exact) mass is 246 g/mol. The predicted molar refractivity (Wildman–Crippen MR) is 75.0 cm³/mol. The van der Waals surface area contributed by atoms with Gasteiger partial charge in [0.15, 0.2) is 0 Å². The summed E-state index contributed by atoms with van der Waals surface area (Å²) < 4.78 is 0. The van der Waals surface area contributed by atoms with Crippen LogP contribution < -0.4 is 10.6 Å². The number of anilines is 2. The summed E-state index contributed by atoms with van der Waals surface area (Å²) >= 11 is 0. The first kappa shape index (κ1) is 11.8. The van der Waals surface area contributed by atoms with Crippen molar-refractivity contribution >= 4 is 11.6 Å². The topological polar surface area (TPSA) is 40.2 Å². The van der Waals surface area contributed by atoms with E-state index in [4.69, 9.17) is 0 Å². The lowest BCUT2D eigenvalue weighted by Gasteiger charge is -2.21. The minimum atomic E-state index is 0.580. The zero-order valence-electron chi connectivity index (χ0n) is 11.0. The van der Waals surface area contributed by atoms with Gasteiger partial charge in [0.2, 0.25) is 0 Å². The van der Waals surface area contributed by atoms with Crippen LogP contribution in [0.5, 0.6) is 0 Å². The molecule has 0 aromatic carbocycles. The number of rotatable bonds is 4. The highest BCUT2D eigenvalue weighted by atomic mass is 15.2. The minimum absolute atomic E-state index is 0.580. The zero-order chi connectivity index (χ0) is 12.4. The van der Waals surface area contributed by atoms with Gasteiger partial charge in [-0.1, -0.05) is 6.07 Å². The maximum absolute atomic E-state index is 4.60. The van der Waals surface area contributed by atoms with Gasteiger partial charge < -0.3 is 10.6 Å². The van der Waals surface area contributed by atoms with Gasteiger partial charge in [0.05, 0.1) is 0 Å². The molecule has 98 valence electrons. The molecule has 3 heterocycles. The molecule has 2 atom stereocenters. The number of hydrogen-bond acceptors (Lipinski definition) is 4. The maximum Gasteiger partial charge on any atom is 0.128 e. The van der Waals surface area contributed by atoms with Crippen LogP contribution in [-0.4, -0.2) is 41.6 Å². The van der Waals surface area contributed by atoms with E-state index in [9.17, 15) is 0 Å². The number of aromatic nitrogens is 1. The third kappa shape index (κ3) is 2.29. The average Bonchev–Trinajstić information content (AvgIpc) is 2.95. The second-order valence-electron chi connectivity index (χ2n) is 5.22. The summed E-state index contributed by atoms with van der Waals surface area (Å²) in [7, 11) is 0. The van der Waals surface area contributed by atoms with Gasteiger partial charge in [-0.15, -0.1) is 0 Å². The molecule has 0 radical (unpaired) electrons. The maximum atomic E-state index is 4.60. The SMILES string of the molecule is CCNc1cccc(NC2CCN3CCCC23)n1.